The molecule has 0 aliphatic carbocycles. The first-order chi connectivity index (χ1) is 23.4. The largest absolute Gasteiger partial charge is 0.455 e. The Balaban J connectivity index is 1.54. The monoisotopic (exact) mass is 682 g/mol. The Morgan fingerprint density at radius 3 is 2.41 bits per heavy atom. The molecule has 250 valence electrons. The second-order valence-corrected chi connectivity index (χ2v) is 14.0. The first kappa shape index (κ1) is 32.2. The van der Waals surface area contributed by atoms with Gasteiger partial charge in [0.05, 0.1) is 46.3 Å². The fourth-order valence-electron chi connectivity index (χ4n) is 6.11. The number of hydrogen-bond donors (Lipinski definition) is 1. The summed E-state index contributed by atoms with van der Waals surface area (Å²) in [6.45, 7) is 3.32. The maximum Gasteiger partial charge on any atom is 0.255 e. The van der Waals surface area contributed by atoms with E-state index in [9.17, 15) is 17.6 Å². The van der Waals surface area contributed by atoms with Gasteiger partial charge >= 0.3 is 0 Å². The third-order valence-electron chi connectivity index (χ3n) is 8.85. The topological polar surface area (TPSA) is 113 Å². The van der Waals surface area contributed by atoms with Crippen molar-refractivity contribution in [1.82, 2.24) is 24.6 Å². The minimum Gasteiger partial charge on any atom is -0.455 e. The molecule has 0 aliphatic heterocycles. The fourth-order valence-corrected chi connectivity index (χ4v) is 6.62. The highest BCUT2D eigenvalue weighted by Crippen LogP contribution is 2.41. The molecule has 4 aromatic heterocycles. The maximum absolute atomic E-state index is 15.1. The third kappa shape index (κ3) is 5.44. The van der Waals surface area contributed by atoms with Crippen LogP contribution in [0.3, 0.4) is 0 Å². The molecule has 1 N–H and O–H groups in total. The zero-order valence-electron chi connectivity index (χ0n) is 27.4. The van der Waals surface area contributed by atoms with E-state index in [-0.39, 0.29) is 28.4 Å². The summed E-state index contributed by atoms with van der Waals surface area (Å²) in [6, 6.07) is 19.0. The maximum atomic E-state index is 15.1. The van der Waals surface area contributed by atoms with Gasteiger partial charge in [-0.1, -0.05) is 13.0 Å². The molecule has 0 spiro atoms. The highest BCUT2D eigenvalue weighted by atomic mass is 32.2. The molecule has 10 nitrogen and oxygen atoms in total. The van der Waals surface area contributed by atoms with Gasteiger partial charge in [0.2, 0.25) is 10.0 Å². The van der Waals surface area contributed by atoms with Gasteiger partial charge in [-0.2, -0.15) is 0 Å². The molecule has 13 heteroatoms. The highest BCUT2D eigenvalue weighted by Gasteiger charge is 2.27. The smallest absolute Gasteiger partial charge is 0.255 e. The molecule has 0 saturated carbocycles. The number of aromatic nitrogens is 3. The first-order valence-electron chi connectivity index (χ1n) is 15.5. The zero-order chi connectivity index (χ0) is 34.8. The van der Waals surface area contributed by atoms with Crippen LogP contribution < -0.4 is 9.62 Å². The van der Waals surface area contributed by atoms with Gasteiger partial charge in [-0.25, -0.2) is 27.2 Å². The summed E-state index contributed by atoms with van der Waals surface area (Å²) in [4.78, 5) is 25.4. The molecule has 0 fully saturated rings. The highest BCUT2D eigenvalue weighted by molar-refractivity contribution is 7.92. The summed E-state index contributed by atoms with van der Waals surface area (Å²) < 4.78 is 64.0. The van der Waals surface area contributed by atoms with E-state index in [4.69, 9.17) is 14.4 Å². The van der Waals surface area contributed by atoms with E-state index < -0.39 is 21.7 Å². The molecule has 0 atom stereocenters. The minimum atomic E-state index is -3.78. The number of nitrogens with one attached hydrogen (secondary N) is 1. The van der Waals surface area contributed by atoms with Crippen LogP contribution in [0.2, 0.25) is 0 Å². The lowest BCUT2D eigenvalue weighted by molar-refractivity contribution is 0.0964. The lowest BCUT2D eigenvalue weighted by Crippen LogP contribution is -2.25. The summed E-state index contributed by atoms with van der Waals surface area (Å²) in [5.74, 6) is -0.362. The van der Waals surface area contributed by atoms with Crippen molar-refractivity contribution >= 4 is 60.0 Å². The number of anilines is 1. The molecule has 0 radical (unpaired) electrons. The van der Waals surface area contributed by atoms with Crippen LogP contribution in [0.5, 0.6) is 0 Å². The SMILES string of the molecule is CCN(C)Cc1nc2ccc(-c3cc4c(C(=O)NC)c(-c5ccc(F)cc5)oc4cc3N(C)S(C)(=O)=O)nc2c2cc3c(F)cccc3n12. The molecule has 0 unspecified atom stereocenters. The number of nitrogens with zero attached hydrogens (tertiary/aromatic N) is 5. The van der Waals surface area contributed by atoms with Crippen LogP contribution in [-0.2, 0) is 16.6 Å². The number of pyridine rings is 1. The Hall–Kier alpha value is -5.40. The van der Waals surface area contributed by atoms with Crippen molar-refractivity contribution in [2.24, 2.45) is 0 Å². The number of carbonyl (C=O) groups excluding carboxylic acids is 1. The molecular formula is C36H32F2N6O4S. The van der Waals surface area contributed by atoms with E-state index >= 15 is 4.39 Å². The minimum absolute atomic E-state index is 0.196. The molecular weight excluding hydrogens is 650 g/mol. The van der Waals surface area contributed by atoms with Crippen molar-refractivity contribution in [3.8, 4) is 22.6 Å². The van der Waals surface area contributed by atoms with Crippen LogP contribution in [0, 0.1) is 11.6 Å². The average molecular weight is 683 g/mol. The molecule has 49 heavy (non-hydrogen) atoms. The van der Waals surface area contributed by atoms with Gasteiger partial charge in [-0.05, 0) is 74.3 Å². The van der Waals surface area contributed by atoms with E-state index in [1.54, 1.807) is 36.4 Å². The van der Waals surface area contributed by atoms with Crippen molar-refractivity contribution in [3.63, 3.8) is 0 Å². The molecule has 7 rings (SSSR count). The summed E-state index contributed by atoms with van der Waals surface area (Å²) in [5, 5.41) is 3.47. The Morgan fingerprint density at radius 1 is 0.959 bits per heavy atom. The van der Waals surface area contributed by atoms with Crippen molar-refractivity contribution in [2.75, 3.05) is 38.2 Å². The molecule has 3 aromatic carbocycles. The lowest BCUT2D eigenvalue weighted by Gasteiger charge is -2.21. The number of furan rings is 1. The summed E-state index contributed by atoms with van der Waals surface area (Å²) in [7, 11) is 1.11. The van der Waals surface area contributed by atoms with Crippen LogP contribution >= 0.6 is 0 Å². The van der Waals surface area contributed by atoms with Gasteiger partial charge in [0, 0.05) is 42.1 Å². The number of carbonyl (C=O) groups is 1. The van der Waals surface area contributed by atoms with Crippen LogP contribution in [0.15, 0.2) is 77.2 Å². The Kier molecular flexibility index (Phi) is 7.83. The Labute approximate surface area is 280 Å². The number of halogens is 2. The van der Waals surface area contributed by atoms with E-state index in [2.05, 4.69) is 10.2 Å². The standard InChI is InChI=1S/C36H32F2N6O4S/c1-6-42(3)19-32-40-27-15-14-26(41-34(27)30-17-22-25(38)8-7-9-28(22)44(30)32)23-16-24-31(18-29(23)43(4)49(5,46)47)48-35(33(24)36(45)39-2)20-10-12-21(37)13-11-20/h7-18H,6,19H2,1-5H3,(H,39,45). The molecule has 1 amide bonds. The van der Waals surface area contributed by atoms with Crippen molar-refractivity contribution in [2.45, 2.75) is 13.5 Å². The molecule has 4 heterocycles. The second-order valence-electron chi connectivity index (χ2n) is 11.9. The predicted molar refractivity (Wildman–Crippen MR) is 187 cm³/mol. The molecule has 0 aliphatic rings. The van der Waals surface area contributed by atoms with Crippen LogP contribution in [-0.4, -0.2) is 67.5 Å². The zero-order valence-corrected chi connectivity index (χ0v) is 28.2. The molecule has 0 bridgehead atoms. The van der Waals surface area contributed by atoms with Crippen molar-refractivity contribution in [1.29, 1.82) is 0 Å². The lowest BCUT2D eigenvalue weighted by atomic mass is 10.0. The van der Waals surface area contributed by atoms with Crippen molar-refractivity contribution < 1.29 is 26.4 Å². The second kappa shape index (κ2) is 11.9. The van der Waals surface area contributed by atoms with Crippen LogP contribution in [0.25, 0.3) is 61.0 Å². The van der Waals surface area contributed by atoms with Gasteiger partial charge in [0.15, 0.2) is 0 Å². The van der Waals surface area contributed by atoms with E-state index in [0.717, 1.165) is 17.1 Å². The molecule has 7 aromatic rings. The summed E-state index contributed by atoms with van der Waals surface area (Å²) in [6.07, 6.45) is 1.08. The van der Waals surface area contributed by atoms with Gasteiger partial charge < -0.3 is 9.73 Å². The Bertz CT molecular complexity index is 2560. The number of rotatable bonds is 8. The number of hydrogen-bond acceptors (Lipinski definition) is 7. The first-order valence-corrected chi connectivity index (χ1v) is 17.3. The van der Waals surface area contributed by atoms with E-state index in [0.29, 0.717) is 62.0 Å². The summed E-state index contributed by atoms with van der Waals surface area (Å²) in [5.41, 5.74) is 4.29. The van der Waals surface area contributed by atoms with Crippen LogP contribution in [0.4, 0.5) is 14.5 Å². The van der Waals surface area contributed by atoms with Gasteiger partial charge in [-0.3, -0.25) is 18.4 Å². The van der Waals surface area contributed by atoms with Gasteiger partial charge in [0.25, 0.3) is 5.91 Å². The Morgan fingerprint density at radius 2 is 1.71 bits per heavy atom. The number of fused-ring (bicyclic) bond motifs is 6. The molecule has 0 saturated heterocycles. The van der Waals surface area contributed by atoms with Crippen molar-refractivity contribution in [3.05, 3.63) is 95.8 Å². The normalized spacial score (nSPS) is 12.2. The number of amides is 1. The summed E-state index contributed by atoms with van der Waals surface area (Å²) >= 11 is 0. The predicted octanol–water partition coefficient (Wildman–Crippen LogP) is 6.60. The van der Waals surface area contributed by atoms with Gasteiger partial charge in [0.1, 0.15) is 34.3 Å². The fraction of sp³-hybridized carbons (Fsp3) is 0.194. The third-order valence-corrected chi connectivity index (χ3v) is 10.0. The van der Waals surface area contributed by atoms with Gasteiger partial charge in [-0.15, -0.1) is 0 Å². The van der Waals surface area contributed by atoms with E-state index in [1.165, 1.54) is 44.4 Å². The average Bonchev–Trinajstić information content (AvgIpc) is 3.67. The van der Waals surface area contributed by atoms with E-state index in [1.807, 2.05) is 24.4 Å². The quantitative estimate of drug-likeness (QED) is 0.192. The number of sulfonamides is 1. The number of benzene rings is 3. The van der Waals surface area contributed by atoms with Crippen LogP contribution in [0.1, 0.15) is 23.1 Å².